The number of nitro benzene ring substituents is 1. The number of nitrogens with zero attached hydrogens (tertiary/aromatic N) is 6. The maximum atomic E-state index is 13.6. The number of benzene rings is 2. The molecule has 5 rings (SSSR count). The zero-order chi connectivity index (χ0) is 27.4. The largest absolute Gasteiger partial charge is 0.338 e. The number of nitro groups is 1. The Balaban J connectivity index is 1.67. The predicted molar refractivity (Wildman–Crippen MR) is 147 cm³/mol. The fourth-order valence-electron chi connectivity index (χ4n) is 4.17. The van der Waals surface area contributed by atoms with Gasteiger partial charge in [-0.1, -0.05) is 24.3 Å². The zero-order valence-electron chi connectivity index (χ0n) is 20.4. The van der Waals surface area contributed by atoms with Gasteiger partial charge in [0.15, 0.2) is 10.7 Å². The summed E-state index contributed by atoms with van der Waals surface area (Å²) in [5.74, 6) is -0.410. The Hall–Kier alpha value is -4.60. The fourth-order valence-corrected chi connectivity index (χ4v) is 6.06. The van der Waals surface area contributed by atoms with Crippen molar-refractivity contribution in [3.8, 4) is 11.8 Å². The summed E-state index contributed by atoms with van der Waals surface area (Å²) in [7, 11) is 0. The van der Waals surface area contributed by atoms with Gasteiger partial charge in [0, 0.05) is 31.5 Å². The number of aromatic nitrogens is 3. The van der Waals surface area contributed by atoms with E-state index in [2.05, 4.69) is 9.97 Å². The molecule has 1 amide bonds. The molecule has 194 valence electrons. The van der Waals surface area contributed by atoms with Crippen LogP contribution in [-0.2, 0) is 4.79 Å². The lowest BCUT2D eigenvalue weighted by molar-refractivity contribution is -0.387. The number of carbonyl (C=O) groups is 1. The number of nitriles is 1. The van der Waals surface area contributed by atoms with E-state index in [9.17, 15) is 25.0 Å². The molecular weight excluding hydrogens is 536 g/mol. The van der Waals surface area contributed by atoms with Crippen molar-refractivity contribution in [1.29, 1.82) is 5.26 Å². The van der Waals surface area contributed by atoms with Crippen LogP contribution in [0, 0.1) is 21.4 Å². The molecule has 0 N–H and O–H groups in total. The standard InChI is InChI=1S/C27H20N6O4S2/c28-17-20(24(34)31-13-4-5-14-31)26-32(19-7-2-1-3-8-19)25(35)23(38-26)16-18-9-10-22(21(15-18)33(36)37)39-27-29-11-6-12-30-27/h1-3,6-12,15-16H,4-5,13-14H2/b23-16-,26-20+. The van der Waals surface area contributed by atoms with E-state index in [4.69, 9.17) is 0 Å². The molecule has 0 spiro atoms. The Bertz CT molecular complexity index is 1770. The first-order chi connectivity index (χ1) is 19.0. The number of hydrogen-bond donors (Lipinski definition) is 0. The second-order valence-corrected chi connectivity index (χ2v) is 10.5. The first-order valence-corrected chi connectivity index (χ1v) is 13.6. The van der Waals surface area contributed by atoms with E-state index in [0.29, 0.717) is 34.4 Å². The van der Waals surface area contributed by atoms with Gasteiger partial charge in [-0.15, -0.1) is 11.3 Å². The number of rotatable bonds is 6. The number of para-hydroxylation sites is 1. The minimum Gasteiger partial charge on any atom is -0.338 e. The molecule has 12 heteroatoms. The molecule has 1 fully saturated rings. The van der Waals surface area contributed by atoms with Crippen LogP contribution in [-0.4, -0.2) is 43.4 Å². The molecular formula is C27H20N6O4S2. The molecule has 0 bridgehead atoms. The number of amides is 1. The minimum atomic E-state index is -0.499. The average molecular weight is 557 g/mol. The molecule has 3 heterocycles. The summed E-state index contributed by atoms with van der Waals surface area (Å²) in [5.41, 5.74) is 0.241. The van der Waals surface area contributed by atoms with Crippen LogP contribution < -0.4 is 14.8 Å². The van der Waals surface area contributed by atoms with Gasteiger partial charge < -0.3 is 4.90 Å². The fraction of sp³-hybridized carbons (Fsp3) is 0.148. The summed E-state index contributed by atoms with van der Waals surface area (Å²) in [6.45, 7) is 1.12. The molecule has 39 heavy (non-hydrogen) atoms. The van der Waals surface area contributed by atoms with Gasteiger partial charge in [-0.2, -0.15) is 5.26 Å². The van der Waals surface area contributed by atoms with Crippen molar-refractivity contribution in [1.82, 2.24) is 19.4 Å². The molecule has 0 saturated carbocycles. The van der Waals surface area contributed by atoms with Gasteiger partial charge >= 0.3 is 0 Å². The Labute approximate surface area is 230 Å². The summed E-state index contributed by atoms with van der Waals surface area (Å²) in [6, 6.07) is 17.1. The summed E-state index contributed by atoms with van der Waals surface area (Å²) in [5, 5.41) is 22.2. The molecule has 0 atom stereocenters. The van der Waals surface area contributed by atoms with Crippen LogP contribution in [0.25, 0.3) is 17.3 Å². The highest BCUT2D eigenvalue weighted by molar-refractivity contribution is 7.99. The van der Waals surface area contributed by atoms with E-state index in [0.717, 1.165) is 35.9 Å². The SMILES string of the molecule is N#C/C(C(=O)N1CCCC1)=c1\s/c(=C\c2ccc(Sc3ncccn3)c([N+](=O)[O-])c2)c(=O)n1-c1ccccc1. The molecule has 1 aliphatic rings. The number of carbonyl (C=O) groups excluding carboxylic acids is 1. The molecule has 0 unspecified atom stereocenters. The maximum Gasteiger partial charge on any atom is 0.283 e. The van der Waals surface area contributed by atoms with E-state index >= 15 is 0 Å². The topological polar surface area (TPSA) is 135 Å². The molecule has 2 aromatic heterocycles. The third-order valence-electron chi connectivity index (χ3n) is 5.99. The summed E-state index contributed by atoms with van der Waals surface area (Å²) in [6.07, 6.45) is 6.37. The highest BCUT2D eigenvalue weighted by Gasteiger charge is 2.24. The molecule has 0 radical (unpaired) electrons. The van der Waals surface area contributed by atoms with Crippen LogP contribution in [0.3, 0.4) is 0 Å². The van der Waals surface area contributed by atoms with Gasteiger partial charge in [0.2, 0.25) is 0 Å². The zero-order valence-corrected chi connectivity index (χ0v) is 22.0. The monoisotopic (exact) mass is 556 g/mol. The quantitative estimate of drug-likeness (QED) is 0.201. The smallest absolute Gasteiger partial charge is 0.283 e. The van der Waals surface area contributed by atoms with Crippen molar-refractivity contribution in [2.75, 3.05) is 13.1 Å². The second kappa shape index (κ2) is 11.4. The summed E-state index contributed by atoms with van der Waals surface area (Å²) < 4.78 is 1.81. The second-order valence-electron chi connectivity index (χ2n) is 8.50. The number of thiazole rings is 1. The van der Waals surface area contributed by atoms with Crippen molar-refractivity contribution in [3.63, 3.8) is 0 Å². The first kappa shape index (κ1) is 26.0. The van der Waals surface area contributed by atoms with Crippen LogP contribution in [0.5, 0.6) is 0 Å². The van der Waals surface area contributed by atoms with E-state index in [1.807, 2.05) is 6.07 Å². The predicted octanol–water partition coefficient (Wildman–Crippen LogP) is 2.87. The Morgan fingerprint density at radius 1 is 1.10 bits per heavy atom. The average Bonchev–Trinajstić information content (AvgIpc) is 3.60. The minimum absolute atomic E-state index is 0.108. The highest BCUT2D eigenvalue weighted by Crippen LogP contribution is 2.33. The van der Waals surface area contributed by atoms with Gasteiger partial charge in [0.05, 0.1) is 20.0 Å². The number of hydrogen-bond acceptors (Lipinski definition) is 9. The van der Waals surface area contributed by atoms with Crippen LogP contribution in [0.4, 0.5) is 5.69 Å². The van der Waals surface area contributed by atoms with Crippen LogP contribution in [0.2, 0.25) is 0 Å². The third-order valence-corrected chi connectivity index (χ3v) is 8.04. The van der Waals surface area contributed by atoms with Crippen molar-refractivity contribution in [3.05, 3.63) is 102 Å². The summed E-state index contributed by atoms with van der Waals surface area (Å²) >= 11 is 2.07. The van der Waals surface area contributed by atoms with Crippen LogP contribution >= 0.6 is 23.1 Å². The molecule has 0 aliphatic carbocycles. The van der Waals surface area contributed by atoms with E-state index in [1.54, 1.807) is 65.8 Å². The molecule has 4 aromatic rings. The van der Waals surface area contributed by atoms with E-state index < -0.39 is 16.4 Å². The lowest BCUT2D eigenvalue weighted by Crippen LogP contribution is -2.35. The van der Waals surface area contributed by atoms with E-state index in [-0.39, 0.29) is 20.5 Å². The van der Waals surface area contributed by atoms with Gasteiger partial charge in [0.1, 0.15) is 10.7 Å². The highest BCUT2D eigenvalue weighted by atomic mass is 32.2. The third kappa shape index (κ3) is 5.50. The maximum absolute atomic E-state index is 13.6. The van der Waals surface area contributed by atoms with Gasteiger partial charge in [-0.05, 0) is 60.5 Å². The summed E-state index contributed by atoms with van der Waals surface area (Å²) in [4.78, 5) is 48.4. The Kier molecular flexibility index (Phi) is 7.62. The lowest BCUT2D eigenvalue weighted by Gasteiger charge is -2.14. The molecule has 1 aliphatic heterocycles. The lowest BCUT2D eigenvalue weighted by atomic mass is 10.2. The van der Waals surface area contributed by atoms with E-state index in [1.165, 1.54) is 16.7 Å². The normalized spacial score (nSPS) is 14.2. The van der Waals surface area contributed by atoms with Gasteiger partial charge in [-0.3, -0.25) is 24.3 Å². The van der Waals surface area contributed by atoms with Crippen LogP contribution in [0.15, 0.2) is 81.8 Å². The molecule has 2 aromatic carbocycles. The Morgan fingerprint density at radius 2 is 1.82 bits per heavy atom. The van der Waals surface area contributed by atoms with Gasteiger partial charge in [-0.25, -0.2) is 9.97 Å². The van der Waals surface area contributed by atoms with Crippen molar-refractivity contribution in [2.45, 2.75) is 22.9 Å². The van der Waals surface area contributed by atoms with Gasteiger partial charge in [0.25, 0.3) is 17.2 Å². The van der Waals surface area contributed by atoms with Crippen molar-refractivity contribution < 1.29 is 9.72 Å². The number of likely N-dealkylation sites (tertiary alicyclic amines) is 1. The molecule has 1 saturated heterocycles. The van der Waals surface area contributed by atoms with Crippen LogP contribution in [0.1, 0.15) is 18.4 Å². The Morgan fingerprint density at radius 3 is 2.49 bits per heavy atom. The van der Waals surface area contributed by atoms with Crippen molar-refractivity contribution in [2.24, 2.45) is 0 Å². The van der Waals surface area contributed by atoms with Crippen molar-refractivity contribution >= 4 is 46.3 Å². The molecule has 10 nitrogen and oxygen atoms in total. The first-order valence-electron chi connectivity index (χ1n) is 11.9.